The van der Waals surface area contributed by atoms with Gasteiger partial charge in [-0.05, 0) is 23.3 Å². The number of amides is 2. The highest BCUT2D eigenvalue weighted by Crippen LogP contribution is 2.31. The van der Waals surface area contributed by atoms with E-state index in [2.05, 4.69) is 10.6 Å². The molecule has 5 heteroatoms. The second-order valence-electron chi connectivity index (χ2n) is 6.22. The summed E-state index contributed by atoms with van der Waals surface area (Å²) in [7, 11) is 1.95. The third-order valence-corrected chi connectivity index (χ3v) is 4.64. The SMILES string of the molecule is Cn1ccc2cccc(NC(=O)N[C@@H]3c4ccccc4C[C@H]3O)c21. The average Bonchev–Trinajstić information content (AvgIpc) is 3.09. The molecule has 0 spiro atoms. The number of carbonyl (C=O) groups excluding carboxylic acids is 1. The second-order valence-corrected chi connectivity index (χ2v) is 6.22. The van der Waals surface area contributed by atoms with Gasteiger partial charge in [-0.25, -0.2) is 4.79 Å². The quantitative estimate of drug-likeness (QED) is 0.679. The molecule has 1 heterocycles. The summed E-state index contributed by atoms with van der Waals surface area (Å²) in [5.74, 6) is 0. The van der Waals surface area contributed by atoms with Crippen LogP contribution >= 0.6 is 0 Å². The van der Waals surface area contributed by atoms with Gasteiger partial charge in [0.2, 0.25) is 0 Å². The summed E-state index contributed by atoms with van der Waals surface area (Å²) in [5, 5.41) is 17.1. The number of aromatic nitrogens is 1. The maximum absolute atomic E-state index is 12.5. The van der Waals surface area contributed by atoms with Gasteiger partial charge >= 0.3 is 6.03 Å². The van der Waals surface area contributed by atoms with Crippen LogP contribution in [0.3, 0.4) is 0 Å². The number of nitrogens with zero attached hydrogens (tertiary/aromatic N) is 1. The summed E-state index contributed by atoms with van der Waals surface area (Å²) in [5.41, 5.74) is 3.79. The average molecular weight is 321 g/mol. The van der Waals surface area contributed by atoms with E-state index in [1.807, 2.05) is 66.3 Å². The molecule has 0 saturated carbocycles. The zero-order chi connectivity index (χ0) is 16.7. The molecule has 5 nitrogen and oxygen atoms in total. The molecule has 0 radical (unpaired) electrons. The molecule has 1 aliphatic rings. The Morgan fingerprint density at radius 3 is 2.88 bits per heavy atom. The van der Waals surface area contributed by atoms with Gasteiger partial charge in [0.25, 0.3) is 0 Å². The third-order valence-electron chi connectivity index (χ3n) is 4.64. The molecule has 24 heavy (non-hydrogen) atoms. The number of benzene rings is 2. The molecule has 0 aliphatic heterocycles. The standard InChI is InChI=1S/C19H19N3O2/c1-22-10-9-12-6-4-8-15(18(12)22)20-19(24)21-17-14-7-3-2-5-13(14)11-16(17)23/h2-10,16-17,23H,11H2,1H3,(H2,20,21,24)/t16-,17-/m1/s1. The molecule has 4 rings (SSSR count). The lowest BCUT2D eigenvalue weighted by Crippen LogP contribution is -2.36. The molecular formula is C19H19N3O2. The normalized spacial score (nSPS) is 19.2. The zero-order valence-electron chi connectivity index (χ0n) is 13.4. The number of aliphatic hydroxyl groups is 1. The van der Waals surface area contributed by atoms with Crippen LogP contribution in [-0.4, -0.2) is 21.8 Å². The fourth-order valence-electron chi connectivity index (χ4n) is 3.50. The first-order valence-electron chi connectivity index (χ1n) is 8.01. The monoisotopic (exact) mass is 321 g/mol. The number of hydrogen-bond acceptors (Lipinski definition) is 2. The molecule has 2 amide bonds. The number of anilines is 1. The molecule has 3 aromatic rings. The van der Waals surface area contributed by atoms with Crippen molar-refractivity contribution in [1.29, 1.82) is 0 Å². The minimum atomic E-state index is -0.598. The number of nitrogens with one attached hydrogen (secondary N) is 2. The Bertz CT molecular complexity index is 916. The number of carbonyl (C=O) groups is 1. The largest absolute Gasteiger partial charge is 0.390 e. The Morgan fingerprint density at radius 1 is 1.17 bits per heavy atom. The molecule has 1 aliphatic carbocycles. The van der Waals surface area contributed by atoms with Crippen LogP contribution in [0, 0.1) is 0 Å². The van der Waals surface area contributed by atoms with E-state index in [0.717, 1.165) is 27.7 Å². The fraction of sp³-hybridized carbons (Fsp3) is 0.211. The van der Waals surface area contributed by atoms with Crippen molar-refractivity contribution in [3.63, 3.8) is 0 Å². The van der Waals surface area contributed by atoms with E-state index in [9.17, 15) is 9.90 Å². The van der Waals surface area contributed by atoms with Gasteiger partial charge in [0.1, 0.15) is 0 Å². The first-order valence-corrected chi connectivity index (χ1v) is 8.01. The van der Waals surface area contributed by atoms with Gasteiger partial charge in [0.05, 0.1) is 23.3 Å². The van der Waals surface area contributed by atoms with Gasteiger partial charge in [0, 0.05) is 25.1 Å². The van der Waals surface area contributed by atoms with Crippen LogP contribution in [0.25, 0.3) is 10.9 Å². The van der Waals surface area contributed by atoms with Crippen molar-refractivity contribution in [1.82, 2.24) is 9.88 Å². The number of rotatable bonds is 2. The smallest absolute Gasteiger partial charge is 0.319 e. The minimum absolute atomic E-state index is 0.315. The van der Waals surface area contributed by atoms with Crippen LogP contribution in [0.1, 0.15) is 17.2 Å². The molecule has 0 fully saturated rings. The number of aryl methyl sites for hydroxylation is 1. The molecule has 0 saturated heterocycles. The van der Waals surface area contributed by atoms with Crippen molar-refractivity contribution in [2.24, 2.45) is 7.05 Å². The molecule has 0 unspecified atom stereocenters. The van der Waals surface area contributed by atoms with Crippen molar-refractivity contribution in [2.45, 2.75) is 18.6 Å². The molecular weight excluding hydrogens is 302 g/mol. The molecule has 0 bridgehead atoms. The summed E-state index contributed by atoms with van der Waals surface area (Å²) in [4.78, 5) is 12.5. The lowest BCUT2D eigenvalue weighted by molar-refractivity contribution is 0.144. The van der Waals surface area contributed by atoms with Crippen LogP contribution < -0.4 is 10.6 Å². The van der Waals surface area contributed by atoms with Crippen LogP contribution in [-0.2, 0) is 13.5 Å². The predicted octanol–water partition coefficient (Wildman–Crippen LogP) is 2.96. The number of aliphatic hydroxyl groups excluding tert-OH is 1. The third kappa shape index (κ3) is 2.43. The second kappa shape index (κ2) is 5.69. The lowest BCUT2D eigenvalue weighted by Gasteiger charge is -2.19. The Morgan fingerprint density at radius 2 is 2.00 bits per heavy atom. The van der Waals surface area contributed by atoms with Crippen molar-refractivity contribution in [3.05, 3.63) is 65.9 Å². The van der Waals surface area contributed by atoms with E-state index >= 15 is 0 Å². The van der Waals surface area contributed by atoms with Gasteiger partial charge in [-0.3, -0.25) is 0 Å². The summed E-state index contributed by atoms with van der Waals surface area (Å²) in [6.45, 7) is 0. The van der Waals surface area contributed by atoms with Gasteiger partial charge in [-0.2, -0.15) is 0 Å². The number of para-hydroxylation sites is 1. The fourth-order valence-corrected chi connectivity index (χ4v) is 3.50. The van der Waals surface area contributed by atoms with Crippen molar-refractivity contribution in [3.8, 4) is 0 Å². The summed E-state index contributed by atoms with van der Waals surface area (Å²) in [6, 6.07) is 14.9. The number of fused-ring (bicyclic) bond motifs is 2. The van der Waals surface area contributed by atoms with Gasteiger partial charge < -0.3 is 20.3 Å². The van der Waals surface area contributed by atoms with Crippen molar-refractivity contribution < 1.29 is 9.90 Å². The van der Waals surface area contributed by atoms with Crippen LogP contribution in [0.15, 0.2) is 54.7 Å². The van der Waals surface area contributed by atoms with Crippen LogP contribution in [0.5, 0.6) is 0 Å². The van der Waals surface area contributed by atoms with Gasteiger partial charge in [0.15, 0.2) is 0 Å². The van der Waals surface area contributed by atoms with Gasteiger partial charge in [-0.1, -0.05) is 36.4 Å². The molecule has 2 aromatic carbocycles. The number of hydrogen-bond donors (Lipinski definition) is 3. The topological polar surface area (TPSA) is 66.3 Å². The van der Waals surface area contributed by atoms with E-state index in [1.54, 1.807) is 0 Å². The summed E-state index contributed by atoms with van der Waals surface area (Å²) in [6.07, 6.45) is 1.93. The number of urea groups is 1. The summed E-state index contributed by atoms with van der Waals surface area (Å²) < 4.78 is 1.98. The molecule has 3 N–H and O–H groups in total. The Kier molecular flexibility index (Phi) is 3.50. The van der Waals surface area contributed by atoms with Gasteiger partial charge in [-0.15, -0.1) is 0 Å². The molecule has 2 atom stereocenters. The van der Waals surface area contributed by atoms with E-state index in [4.69, 9.17) is 0 Å². The Hall–Kier alpha value is -2.79. The maximum Gasteiger partial charge on any atom is 0.319 e. The van der Waals surface area contributed by atoms with Crippen LogP contribution in [0.4, 0.5) is 10.5 Å². The van der Waals surface area contributed by atoms with E-state index in [0.29, 0.717) is 6.42 Å². The lowest BCUT2D eigenvalue weighted by atomic mass is 10.1. The maximum atomic E-state index is 12.5. The van der Waals surface area contributed by atoms with E-state index < -0.39 is 6.10 Å². The van der Waals surface area contributed by atoms with Crippen molar-refractivity contribution in [2.75, 3.05) is 5.32 Å². The van der Waals surface area contributed by atoms with Crippen molar-refractivity contribution >= 4 is 22.6 Å². The van der Waals surface area contributed by atoms with E-state index in [-0.39, 0.29) is 12.1 Å². The van der Waals surface area contributed by atoms with Crippen LogP contribution in [0.2, 0.25) is 0 Å². The zero-order valence-corrected chi connectivity index (χ0v) is 13.4. The highest BCUT2D eigenvalue weighted by Gasteiger charge is 2.31. The predicted molar refractivity (Wildman–Crippen MR) is 94.0 cm³/mol. The highest BCUT2D eigenvalue weighted by atomic mass is 16.3. The first kappa shape index (κ1) is 14.8. The molecule has 122 valence electrons. The Labute approximate surface area is 139 Å². The molecule has 1 aromatic heterocycles. The Balaban J connectivity index is 1.56. The summed E-state index contributed by atoms with van der Waals surface area (Å²) >= 11 is 0. The minimum Gasteiger partial charge on any atom is -0.390 e. The first-order chi connectivity index (χ1) is 11.6. The highest BCUT2D eigenvalue weighted by molar-refractivity contribution is 6.00. The van der Waals surface area contributed by atoms with E-state index in [1.165, 1.54) is 0 Å².